The minimum absolute atomic E-state index is 0.0148. The van der Waals surface area contributed by atoms with Crippen LogP contribution in [0.5, 0.6) is 0 Å². The van der Waals surface area contributed by atoms with Crippen LogP contribution in [0.1, 0.15) is 28.7 Å². The van der Waals surface area contributed by atoms with E-state index in [1.807, 2.05) is 12.1 Å². The number of nitro benzene ring substituents is 1. The molecule has 0 amide bonds. The number of hydrogen-bond acceptors (Lipinski definition) is 6. The number of rotatable bonds is 5. The van der Waals surface area contributed by atoms with Gasteiger partial charge in [-0.2, -0.15) is 0 Å². The maximum absolute atomic E-state index is 12.1. The molecule has 152 valence electrons. The molecule has 1 aliphatic rings. The van der Waals surface area contributed by atoms with Crippen LogP contribution in [0.15, 0.2) is 51.7 Å². The van der Waals surface area contributed by atoms with Crippen LogP contribution in [0.25, 0.3) is 17.0 Å². The number of benzene rings is 2. The second-order valence-corrected chi connectivity index (χ2v) is 7.38. The average Bonchev–Trinajstić information content (AvgIpc) is 3.17. The van der Waals surface area contributed by atoms with Gasteiger partial charge in [0.15, 0.2) is 0 Å². The van der Waals surface area contributed by atoms with E-state index in [0.29, 0.717) is 16.7 Å². The second kappa shape index (κ2) is 8.12. The Balaban J connectivity index is 1.51. The highest BCUT2D eigenvalue weighted by atomic mass is 35.5. The van der Waals surface area contributed by atoms with E-state index in [0.717, 1.165) is 30.7 Å². The van der Waals surface area contributed by atoms with Gasteiger partial charge in [-0.25, -0.2) is 9.59 Å². The summed E-state index contributed by atoms with van der Waals surface area (Å²) in [5, 5.41) is 11.7. The van der Waals surface area contributed by atoms with Gasteiger partial charge in [0.25, 0.3) is 5.69 Å². The molecule has 8 heteroatoms. The molecule has 0 unspecified atom stereocenters. The lowest BCUT2D eigenvalue weighted by atomic mass is 10.0. The third-order valence-electron chi connectivity index (χ3n) is 4.99. The molecule has 0 radical (unpaired) electrons. The minimum Gasteiger partial charge on any atom is -0.458 e. The number of halogens is 1. The predicted octanol–water partition coefficient (Wildman–Crippen LogP) is 4.60. The maximum Gasteiger partial charge on any atom is 0.336 e. The van der Waals surface area contributed by atoms with Crippen molar-refractivity contribution in [3.05, 3.63) is 90.3 Å². The molecule has 7 nitrogen and oxygen atoms in total. The number of hydrogen-bond donors (Lipinski definition) is 0. The molecule has 3 aromatic rings. The minimum atomic E-state index is -0.643. The van der Waals surface area contributed by atoms with Crippen LogP contribution in [-0.4, -0.2) is 10.9 Å². The normalized spacial score (nSPS) is 13.0. The smallest absolute Gasteiger partial charge is 0.336 e. The van der Waals surface area contributed by atoms with Crippen LogP contribution < -0.4 is 5.63 Å². The number of ether oxygens (including phenoxy) is 1. The fourth-order valence-electron chi connectivity index (χ4n) is 3.55. The molecular weight excluding hydrogens is 410 g/mol. The fourth-order valence-corrected chi connectivity index (χ4v) is 3.74. The van der Waals surface area contributed by atoms with Crippen LogP contribution in [-0.2, 0) is 29.0 Å². The highest BCUT2D eigenvalue weighted by Crippen LogP contribution is 2.29. The summed E-state index contributed by atoms with van der Waals surface area (Å²) in [5.41, 5.74) is 3.13. The van der Waals surface area contributed by atoms with Gasteiger partial charge in [0.1, 0.15) is 17.2 Å². The van der Waals surface area contributed by atoms with Crippen LogP contribution in [0.2, 0.25) is 5.02 Å². The molecule has 30 heavy (non-hydrogen) atoms. The van der Waals surface area contributed by atoms with Gasteiger partial charge in [-0.1, -0.05) is 17.7 Å². The van der Waals surface area contributed by atoms with Crippen molar-refractivity contribution in [1.82, 2.24) is 0 Å². The molecule has 0 N–H and O–H groups in total. The Labute approximate surface area is 175 Å². The van der Waals surface area contributed by atoms with Crippen LogP contribution in [0, 0.1) is 10.1 Å². The summed E-state index contributed by atoms with van der Waals surface area (Å²) >= 11 is 5.78. The van der Waals surface area contributed by atoms with Gasteiger partial charge in [0, 0.05) is 29.2 Å². The Morgan fingerprint density at radius 2 is 1.97 bits per heavy atom. The van der Waals surface area contributed by atoms with Crippen molar-refractivity contribution < 1.29 is 18.9 Å². The molecule has 4 rings (SSSR count). The summed E-state index contributed by atoms with van der Waals surface area (Å²) in [6, 6.07) is 9.41. The fraction of sp³-hybridized carbons (Fsp3) is 0.182. The zero-order valence-electron chi connectivity index (χ0n) is 15.7. The van der Waals surface area contributed by atoms with Gasteiger partial charge in [-0.05, 0) is 60.2 Å². The molecule has 0 aliphatic heterocycles. The molecule has 1 aromatic heterocycles. The molecule has 0 bridgehead atoms. The number of nitrogens with zero attached hydrogens (tertiary/aromatic N) is 1. The largest absolute Gasteiger partial charge is 0.458 e. The van der Waals surface area contributed by atoms with E-state index >= 15 is 0 Å². The standard InChI is InChI=1S/C22H16ClNO6/c23-18-6-4-13(8-19(18)24(27)28)5-7-21(25)29-12-16-11-22(26)30-20-10-15-3-1-2-14(15)9-17(16)20/h4-11H,1-3,12H2. The molecule has 1 heterocycles. The first-order valence-corrected chi connectivity index (χ1v) is 9.66. The van der Waals surface area contributed by atoms with Crippen LogP contribution in [0.3, 0.4) is 0 Å². The van der Waals surface area contributed by atoms with Crippen LogP contribution >= 0.6 is 11.6 Å². The quantitative estimate of drug-likeness (QED) is 0.195. The summed E-state index contributed by atoms with van der Waals surface area (Å²) in [6.07, 6.45) is 5.56. The lowest BCUT2D eigenvalue weighted by molar-refractivity contribution is -0.384. The number of fused-ring (bicyclic) bond motifs is 2. The zero-order chi connectivity index (χ0) is 21.3. The number of aryl methyl sites for hydroxylation is 2. The van der Waals surface area contributed by atoms with Crippen molar-refractivity contribution in [3.8, 4) is 0 Å². The molecule has 0 atom stereocenters. The van der Waals surface area contributed by atoms with Crippen molar-refractivity contribution in [2.75, 3.05) is 0 Å². The first-order chi connectivity index (χ1) is 14.4. The summed E-state index contributed by atoms with van der Waals surface area (Å²) < 4.78 is 10.6. The SMILES string of the molecule is O=C(C=Cc1ccc(Cl)c([N+](=O)[O-])c1)OCc1cc(=O)oc2cc3c(cc12)CCC3. The van der Waals surface area contributed by atoms with Crippen molar-refractivity contribution in [1.29, 1.82) is 0 Å². The van der Waals surface area contributed by atoms with Crippen molar-refractivity contribution in [2.24, 2.45) is 0 Å². The predicted molar refractivity (Wildman–Crippen MR) is 111 cm³/mol. The highest BCUT2D eigenvalue weighted by molar-refractivity contribution is 6.32. The summed E-state index contributed by atoms with van der Waals surface area (Å²) in [7, 11) is 0. The Morgan fingerprint density at radius 1 is 1.20 bits per heavy atom. The summed E-state index contributed by atoms with van der Waals surface area (Å²) in [6.45, 7) is -0.0924. The van der Waals surface area contributed by atoms with Gasteiger partial charge in [0.2, 0.25) is 0 Å². The molecule has 0 saturated carbocycles. The zero-order valence-corrected chi connectivity index (χ0v) is 16.5. The topological polar surface area (TPSA) is 99.6 Å². The second-order valence-electron chi connectivity index (χ2n) is 6.97. The van der Waals surface area contributed by atoms with Crippen molar-refractivity contribution in [3.63, 3.8) is 0 Å². The summed E-state index contributed by atoms with van der Waals surface area (Å²) in [5.74, 6) is -0.643. The van der Waals surface area contributed by atoms with Gasteiger partial charge >= 0.3 is 11.6 Å². The van der Waals surface area contributed by atoms with Gasteiger partial charge in [0.05, 0.1) is 4.92 Å². The van der Waals surface area contributed by atoms with Crippen molar-refractivity contribution in [2.45, 2.75) is 25.9 Å². The molecule has 1 aliphatic carbocycles. The van der Waals surface area contributed by atoms with E-state index in [4.69, 9.17) is 20.8 Å². The lowest BCUT2D eigenvalue weighted by Gasteiger charge is -2.08. The number of carbonyl (C=O) groups excluding carboxylic acids is 1. The Hall–Kier alpha value is -3.45. The average molecular weight is 426 g/mol. The van der Waals surface area contributed by atoms with E-state index < -0.39 is 16.5 Å². The first-order valence-electron chi connectivity index (χ1n) is 9.28. The molecule has 2 aromatic carbocycles. The number of esters is 1. The van der Waals surface area contributed by atoms with E-state index in [-0.39, 0.29) is 17.3 Å². The Bertz CT molecular complexity index is 1260. The third kappa shape index (κ3) is 4.11. The number of carbonyl (C=O) groups is 1. The highest BCUT2D eigenvalue weighted by Gasteiger charge is 2.16. The third-order valence-corrected chi connectivity index (χ3v) is 5.31. The van der Waals surface area contributed by atoms with Gasteiger partial charge in [-0.15, -0.1) is 0 Å². The van der Waals surface area contributed by atoms with E-state index in [9.17, 15) is 19.7 Å². The van der Waals surface area contributed by atoms with Gasteiger partial charge < -0.3 is 9.15 Å². The summed E-state index contributed by atoms with van der Waals surface area (Å²) in [4.78, 5) is 34.4. The monoisotopic (exact) mass is 425 g/mol. The molecule has 0 saturated heterocycles. The van der Waals surface area contributed by atoms with Gasteiger partial charge in [-0.3, -0.25) is 10.1 Å². The first kappa shape index (κ1) is 19.8. The molecule has 0 fully saturated rings. The lowest BCUT2D eigenvalue weighted by Crippen LogP contribution is -2.06. The van der Waals surface area contributed by atoms with Crippen molar-refractivity contribution >= 4 is 40.3 Å². The van der Waals surface area contributed by atoms with Crippen LogP contribution in [0.4, 0.5) is 5.69 Å². The van der Waals surface area contributed by atoms with E-state index in [1.165, 1.54) is 35.4 Å². The van der Waals surface area contributed by atoms with E-state index in [1.54, 1.807) is 6.07 Å². The molecular formula is C22H16ClNO6. The Kier molecular flexibility index (Phi) is 5.37. The molecule has 0 spiro atoms. The van der Waals surface area contributed by atoms with E-state index in [2.05, 4.69) is 0 Å². The maximum atomic E-state index is 12.1. The Morgan fingerprint density at radius 3 is 2.73 bits per heavy atom. The number of nitro groups is 1.